The number of terminal acetylenes is 1. The van der Waals surface area contributed by atoms with Crippen molar-refractivity contribution in [1.29, 1.82) is 0 Å². The Kier molecular flexibility index (Phi) is 5.29. The standard InChI is InChI=1S/C5H10O2.C2H2/c6-5-2-1-3-7-4-5;1-2/h5-6H,1-4H2;1-2H/t5-;/m0./s1. The highest BCUT2D eigenvalue weighted by molar-refractivity contribution is 4.57. The SMILES string of the molecule is C#C.O[C@H]1CCCOC1. The quantitative estimate of drug-likeness (QED) is 0.479. The molecule has 0 saturated carbocycles. The van der Waals surface area contributed by atoms with E-state index < -0.39 is 0 Å². The van der Waals surface area contributed by atoms with Gasteiger partial charge < -0.3 is 9.84 Å². The maximum Gasteiger partial charge on any atom is 0.0774 e. The largest absolute Gasteiger partial charge is 0.391 e. The Balaban J connectivity index is 0.000000291. The molecule has 0 aliphatic carbocycles. The van der Waals surface area contributed by atoms with Crippen molar-refractivity contribution in [2.24, 2.45) is 0 Å². The molecule has 0 radical (unpaired) electrons. The number of hydrogen-bond donors (Lipinski definition) is 1. The van der Waals surface area contributed by atoms with E-state index in [4.69, 9.17) is 9.84 Å². The lowest BCUT2D eigenvalue weighted by atomic mass is 10.2. The van der Waals surface area contributed by atoms with Gasteiger partial charge in [0.25, 0.3) is 0 Å². The zero-order chi connectivity index (χ0) is 7.11. The molecule has 1 fully saturated rings. The molecule has 0 amide bonds. The maximum absolute atomic E-state index is 8.78. The van der Waals surface area contributed by atoms with Crippen LogP contribution in [0.1, 0.15) is 12.8 Å². The van der Waals surface area contributed by atoms with Crippen LogP contribution in [0.2, 0.25) is 0 Å². The second kappa shape index (κ2) is 5.61. The molecular weight excluding hydrogens is 116 g/mol. The van der Waals surface area contributed by atoms with Crippen LogP contribution in [0.4, 0.5) is 0 Å². The van der Waals surface area contributed by atoms with Crippen LogP contribution in [0.25, 0.3) is 0 Å². The topological polar surface area (TPSA) is 29.5 Å². The molecule has 52 valence electrons. The van der Waals surface area contributed by atoms with Gasteiger partial charge in [-0.25, -0.2) is 0 Å². The lowest BCUT2D eigenvalue weighted by molar-refractivity contribution is -0.00535. The van der Waals surface area contributed by atoms with Crippen LogP contribution in [-0.4, -0.2) is 24.4 Å². The zero-order valence-electron chi connectivity index (χ0n) is 5.42. The third-order valence-corrected chi connectivity index (χ3v) is 1.14. The predicted molar refractivity (Wildman–Crippen MR) is 35.9 cm³/mol. The van der Waals surface area contributed by atoms with Gasteiger partial charge in [-0.1, -0.05) is 0 Å². The molecule has 0 spiro atoms. The highest BCUT2D eigenvalue weighted by Crippen LogP contribution is 2.03. The van der Waals surface area contributed by atoms with E-state index >= 15 is 0 Å². The summed E-state index contributed by atoms with van der Waals surface area (Å²) in [6.45, 7) is 1.37. The monoisotopic (exact) mass is 128 g/mol. The highest BCUT2D eigenvalue weighted by Gasteiger charge is 2.07. The zero-order valence-corrected chi connectivity index (χ0v) is 5.42. The number of ether oxygens (including phenoxy) is 1. The van der Waals surface area contributed by atoms with Gasteiger partial charge >= 0.3 is 0 Å². The summed E-state index contributed by atoms with van der Waals surface area (Å²) in [6, 6.07) is 0. The Morgan fingerprint density at radius 1 is 1.44 bits per heavy atom. The molecule has 2 nitrogen and oxygen atoms in total. The molecule has 1 N–H and O–H groups in total. The van der Waals surface area contributed by atoms with E-state index in [0.29, 0.717) is 6.61 Å². The summed E-state index contributed by atoms with van der Waals surface area (Å²) < 4.78 is 4.93. The van der Waals surface area contributed by atoms with Crippen LogP contribution in [0.5, 0.6) is 0 Å². The summed E-state index contributed by atoms with van der Waals surface area (Å²) in [5.74, 6) is 0. The van der Waals surface area contributed by atoms with E-state index in [9.17, 15) is 0 Å². The number of aliphatic hydroxyl groups excluding tert-OH is 1. The first-order valence-electron chi connectivity index (χ1n) is 2.99. The van der Waals surface area contributed by atoms with E-state index in [2.05, 4.69) is 12.8 Å². The Bertz CT molecular complexity index is 72.2. The minimum Gasteiger partial charge on any atom is -0.391 e. The van der Waals surface area contributed by atoms with Gasteiger partial charge in [-0.2, -0.15) is 0 Å². The molecule has 1 aliphatic heterocycles. The fourth-order valence-corrected chi connectivity index (χ4v) is 0.724. The number of rotatable bonds is 0. The molecule has 0 bridgehead atoms. The van der Waals surface area contributed by atoms with Crippen molar-refractivity contribution in [3.8, 4) is 12.8 Å². The van der Waals surface area contributed by atoms with E-state index in [1.165, 1.54) is 0 Å². The smallest absolute Gasteiger partial charge is 0.0774 e. The molecule has 1 saturated heterocycles. The van der Waals surface area contributed by atoms with Crippen molar-refractivity contribution in [3.05, 3.63) is 0 Å². The minimum atomic E-state index is -0.186. The van der Waals surface area contributed by atoms with Crippen LogP contribution in [-0.2, 0) is 4.74 Å². The van der Waals surface area contributed by atoms with Gasteiger partial charge in [-0.15, -0.1) is 12.8 Å². The van der Waals surface area contributed by atoms with Gasteiger partial charge in [0.1, 0.15) is 0 Å². The molecular formula is C7H12O2. The predicted octanol–water partition coefficient (Wildman–Crippen LogP) is 0.407. The summed E-state index contributed by atoms with van der Waals surface area (Å²) in [5, 5.41) is 8.78. The Morgan fingerprint density at radius 2 is 2.11 bits per heavy atom. The van der Waals surface area contributed by atoms with Gasteiger partial charge in [-0.05, 0) is 12.8 Å². The van der Waals surface area contributed by atoms with Crippen molar-refractivity contribution < 1.29 is 9.84 Å². The van der Waals surface area contributed by atoms with Crippen molar-refractivity contribution in [1.82, 2.24) is 0 Å². The van der Waals surface area contributed by atoms with E-state index in [0.717, 1.165) is 19.4 Å². The summed E-state index contributed by atoms with van der Waals surface area (Å²) in [5.41, 5.74) is 0. The van der Waals surface area contributed by atoms with Gasteiger partial charge in [0.05, 0.1) is 12.7 Å². The first-order chi connectivity index (χ1) is 4.39. The van der Waals surface area contributed by atoms with Gasteiger partial charge in [0, 0.05) is 6.61 Å². The first-order valence-corrected chi connectivity index (χ1v) is 2.99. The van der Waals surface area contributed by atoms with Crippen LogP contribution in [0, 0.1) is 12.8 Å². The molecule has 0 aromatic heterocycles. The molecule has 9 heavy (non-hydrogen) atoms. The Morgan fingerprint density at radius 3 is 2.33 bits per heavy atom. The van der Waals surface area contributed by atoms with E-state index in [-0.39, 0.29) is 6.10 Å². The van der Waals surface area contributed by atoms with Crippen LogP contribution >= 0.6 is 0 Å². The summed E-state index contributed by atoms with van der Waals surface area (Å²) in [4.78, 5) is 0. The van der Waals surface area contributed by atoms with Crippen LogP contribution in [0.15, 0.2) is 0 Å². The Hall–Kier alpha value is -0.520. The molecule has 0 aromatic rings. The summed E-state index contributed by atoms with van der Waals surface area (Å²) in [7, 11) is 0. The minimum absolute atomic E-state index is 0.186. The Labute approximate surface area is 55.8 Å². The average molecular weight is 128 g/mol. The van der Waals surface area contributed by atoms with Crippen molar-refractivity contribution >= 4 is 0 Å². The van der Waals surface area contributed by atoms with Crippen molar-refractivity contribution in [3.63, 3.8) is 0 Å². The third kappa shape index (κ3) is 4.01. The summed E-state index contributed by atoms with van der Waals surface area (Å²) in [6.07, 6.45) is 9.75. The van der Waals surface area contributed by atoms with E-state index in [1.807, 2.05) is 0 Å². The normalized spacial score (nSPS) is 25.9. The fourth-order valence-electron chi connectivity index (χ4n) is 0.724. The molecule has 2 heteroatoms. The molecule has 0 aromatic carbocycles. The maximum atomic E-state index is 8.78. The number of hydrogen-bond acceptors (Lipinski definition) is 2. The highest BCUT2D eigenvalue weighted by atomic mass is 16.5. The lowest BCUT2D eigenvalue weighted by Crippen LogP contribution is -2.21. The van der Waals surface area contributed by atoms with Crippen molar-refractivity contribution in [2.75, 3.05) is 13.2 Å². The van der Waals surface area contributed by atoms with Gasteiger partial charge in [-0.3, -0.25) is 0 Å². The first kappa shape index (κ1) is 8.48. The molecule has 1 rings (SSSR count). The van der Waals surface area contributed by atoms with Gasteiger partial charge in [0.2, 0.25) is 0 Å². The summed E-state index contributed by atoms with van der Waals surface area (Å²) >= 11 is 0. The third-order valence-electron chi connectivity index (χ3n) is 1.14. The molecule has 1 aliphatic rings. The van der Waals surface area contributed by atoms with Crippen LogP contribution < -0.4 is 0 Å². The second-order valence-electron chi connectivity index (χ2n) is 1.87. The average Bonchev–Trinajstić information content (AvgIpc) is 1.94. The lowest BCUT2D eigenvalue weighted by Gasteiger charge is -2.15. The van der Waals surface area contributed by atoms with E-state index in [1.54, 1.807) is 0 Å². The fraction of sp³-hybridized carbons (Fsp3) is 0.714. The second-order valence-corrected chi connectivity index (χ2v) is 1.87. The van der Waals surface area contributed by atoms with Crippen LogP contribution in [0.3, 0.4) is 0 Å². The van der Waals surface area contributed by atoms with Gasteiger partial charge in [0.15, 0.2) is 0 Å². The number of aliphatic hydroxyl groups is 1. The molecule has 1 atom stereocenters. The van der Waals surface area contributed by atoms with Crippen molar-refractivity contribution in [2.45, 2.75) is 18.9 Å². The molecule has 0 unspecified atom stereocenters. The molecule has 1 heterocycles.